The minimum atomic E-state index is -0.342. The van der Waals surface area contributed by atoms with Crippen molar-refractivity contribution in [3.05, 3.63) is 83.4 Å². The fourth-order valence-electron chi connectivity index (χ4n) is 2.92. The fraction of sp³-hybridized carbons (Fsp3) is 0.0435. The number of aromatic hydroxyl groups is 2. The van der Waals surface area contributed by atoms with E-state index in [1.165, 1.54) is 30.1 Å². The van der Waals surface area contributed by atoms with Crippen LogP contribution >= 0.6 is 23.4 Å². The van der Waals surface area contributed by atoms with Gasteiger partial charge in [0.15, 0.2) is 22.5 Å². The minimum Gasteiger partial charge on any atom is -0.504 e. The predicted octanol–water partition coefficient (Wildman–Crippen LogP) is 4.24. The third-order valence-electron chi connectivity index (χ3n) is 4.48. The second-order valence-electron chi connectivity index (χ2n) is 6.81. The molecule has 0 spiro atoms. The van der Waals surface area contributed by atoms with Crippen LogP contribution in [0.15, 0.2) is 83.1 Å². The summed E-state index contributed by atoms with van der Waals surface area (Å²) in [5, 5.41) is 32.5. The summed E-state index contributed by atoms with van der Waals surface area (Å²) in [7, 11) is 0. The summed E-state index contributed by atoms with van der Waals surface area (Å²) >= 11 is 7.26. The van der Waals surface area contributed by atoms with E-state index in [1.807, 2.05) is 47.0 Å². The zero-order valence-corrected chi connectivity index (χ0v) is 18.7. The quantitative estimate of drug-likeness (QED) is 0.158. The zero-order chi connectivity index (χ0) is 23.2. The highest BCUT2D eigenvalue weighted by atomic mass is 35.5. The van der Waals surface area contributed by atoms with E-state index in [0.717, 1.165) is 11.3 Å². The number of phenolic OH excluding ortho intramolecular Hbond substituents is 2. The van der Waals surface area contributed by atoms with Gasteiger partial charge in [0.25, 0.3) is 5.91 Å². The van der Waals surface area contributed by atoms with Crippen LogP contribution in [0.5, 0.6) is 11.5 Å². The van der Waals surface area contributed by atoms with Crippen LogP contribution in [0.3, 0.4) is 0 Å². The average molecular weight is 480 g/mol. The molecule has 3 aromatic carbocycles. The molecule has 0 aliphatic heterocycles. The molecule has 1 heterocycles. The molecule has 1 aromatic heterocycles. The van der Waals surface area contributed by atoms with Crippen LogP contribution in [0.2, 0.25) is 5.02 Å². The first kappa shape index (κ1) is 22.4. The van der Waals surface area contributed by atoms with Gasteiger partial charge in [-0.25, -0.2) is 5.43 Å². The van der Waals surface area contributed by atoms with Crippen LogP contribution in [-0.4, -0.2) is 42.9 Å². The van der Waals surface area contributed by atoms with Crippen molar-refractivity contribution in [2.24, 2.45) is 5.10 Å². The Hall–Kier alpha value is -3.82. The Bertz CT molecular complexity index is 1290. The lowest BCUT2D eigenvalue weighted by Gasteiger charge is -2.10. The molecule has 3 N–H and O–H groups in total. The number of hydrazone groups is 1. The normalized spacial score (nSPS) is 11.1. The first-order valence-corrected chi connectivity index (χ1v) is 11.1. The number of amides is 1. The molecule has 0 unspecified atom stereocenters. The molecule has 0 fully saturated rings. The Labute approximate surface area is 198 Å². The summed E-state index contributed by atoms with van der Waals surface area (Å²) in [5.74, 6) is -0.139. The molecule has 33 heavy (non-hydrogen) atoms. The number of hydrogen-bond acceptors (Lipinski definition) is 7. The van der Waals surface area contributed by atoms with Gasteiger partial charge in [-0.2, -0.15) is 5.10 Å². The molecule has 8 nitrogen and oxygen atoms in total. The fourth-order valence-corrected chi connectivity index (χ4v) is 3.79. The van der Waals surface area contributed by atoms with Gasteiger partial charge < -0.3 is 10.2 Å². The Kier molecular flexibility index (Phi) is 6.92. The van der Waals surface area contributed by atoms with Crippen molar-refractivity contribution in [3.63, 3.8) is 0 Å². The van der Waals surface area contributed by atoms with Gasteiger partial charge in [-0.15, -0.1) is 10.2 Å². The molecule has 166 valence electrons. The molecule has 0 aliphatic rings. The van der Waals surface area contributed by atoms with Gasteiger partial charge >= 0.3 is 0 Å². The Morgan fingerprint density at radius 1 is 1.03 bits per heavy atom. The van der Waals surface area contributed by atoms with Crippen molar-refractivity contribution < 1.29 is 15.0 Å². The number of nitrogens with zero attached hydrogens (tertiary/aromatic N) is 4. The van der Waals surface area contributed by atoms with Crippen molar-refractivity contribution in [2.75, 3.05) is 5.75 Å². The number of benzene rings is 3. The van der Waals surface area contributed by atoms with Gasteiger partial charge in [0.2, 0.25) is 0 Å². The summed E-state index contributed by atoms with van der Waals surface area (Å²) in [4.78, 5) is 12.3. The van der Waals surface area contributed by atoms with Gasteiger partial charge in [-0.1, -0.05) is 53.7 Å². The lowest BCUT2D eigenvalue weighted by molar-refractivity contribution is -0.118. The molecule has 4 aromatic rings. The second-order valence-corrected chi connectivity index (χ2v) is 8.19. The highest BCUT2D eigenvalue weighted by Crippen LogP contribution is 2.28. The van der Waals surface area contributed by atoms with E-state index >= 15 is 0 Å². The van der Waals surface area contributed by atoms with Crippen LogP contribution in [-0.2, 0) is 4.79 Å². The number of carbonyl (C=O) groups excluding carboxylic acids is 1. The molecule has 0 saturated carbocycles. The summed E-state index contributed by atoms with van der Waals surface area (Å²) in [6.07, 6.45) is 1.37. The molecule has 1 amide bonds. The number of nitrogens with one attached hydrogen (secondary N) is 1. The highest BCUT2D eigenvalue weighted by molar-refractivity contribution is 7.99. The summed E-state index contributed by atoms with van der Waals surface area (Å²) in [6.45, 7) is 0. The molecule has 0 bridgehead atoms. The monoisotopic (exact) mass is 479 g/mol. The third-order valence-corrected chi connectivity index (χ3v) is 5.67. The first-order chi connectivity index (χ1) is 16.0. The number of halogens is 1. The third kappa shape index (κ3) is 5.51. The van der Waals surface area contributed by atoms with Crippen LogP contribution in [0.1, 0.15) is 5.56 Å². The lowest BCUT2D eigenvalue weighted by atomic mass is 10.2. The lowest BCUT2D eigenvalue weighted by Crippen LogP contribution is -2.20. The van der Waals surface area contributed by atoms with E-state index in [0.29, 0.717) is 21.6 Å². The molecule has 0 atom stereocenters. The number of phenols is 2. The van der Waals surface area contributed by atoms with E-state index in [2.05, 4.69) is 20.7 Å². The van der Waals surface area contributed by atoms with E-state index in [9.17, 15) is 15.0 Å². The Morgan fingerprint density at radius 3 is 2.52 bits per heavy atom. The van der Waals surface area contributed by atoms with Gasteiger partial charge in [-0.3, -0.25) is 9.36 Å². The standard InChI is InChI=1S/C23H18ClN5O3S/c24-17-7-9-18(10-8-17)29-22(16-4-2-1-3-5-16)27-28-23(29)33-14-21(32)26-25-13-15-6-11-19(30)20(31)12-15/h1-13,30-31H,14H2,(H,26,32)/b25-13+. The van der Waals surface area contributed by atoms with E-state index in [4.69, 9.17) is 11.6 Å². The van der Waals surface area contributed by atoms with Crippen LogP contribution in [0.25, 0.3) is 17.1 Å². The molecular weight excluding hydrogens is 462 g/mol. The molecule has 4 rings (SSSR count). The van der Waals surface area contributed by atoms with Crippen LogP contribution in [0.4, 0.5) is 0 Å². The number of aromatic nitrogens is 3. The molecular formula is C23H18ClN5O3S. The molecule has 0 aliphatic carbocycles. The number of carbonyl (C=O) groups is 1. The zero-order valence-electron chi connectivity index (χ0n) is 17.1. The van der Waals surface area contributed by atoms with E-state index in [-0.39, 0.29) is 23.2 Å². The maximum Gasteiger partial charge on any atom is 0.250 e. The van der Waals surface area contributed by atoms with Crippen LogP contribution in [0, 0.1) is 0 Å². The van der Waals surface area contributed by atoms with Crippen molar-refractivity contribution >= 4 is 35.5 Å². The highest BCUT2D eigenvalue weighted by Gasteiger charge is 2.17. The van der Waals surface area contributed by atoms with Crippen LogP contribution < -0.4 is 5.43 Å². The summed E-state index contributed by atoms with van der Waals surface area (Å²) in [5.41, 5.74) is 4.66. The molecule has 0 radical (unpaired) electrons. The van der Waals surface area contributed by atoms with Gasteiger partial charge in [0.05, 0.1) is 12.0 Å². The Morgan fingerprint density at radius 2 is 1.79 bits per heavy atom. The predicted molar refractivity (Wildman–Crippen MR) is 128 cm³/mol. The van der Waals surface area contributed by atoms with Gasteiger partial charge in [0.1, 0.15) is 0 Å². The number of thioether (sulfide) groups is 1. The SMILES string of the molecule is O=C(CSc1nnc(-c2ccccc2)n1-c1ccc(Cl)cc1)N/N=C/c1ccc(O)c(O)c1. The smallest absolute Gasteiger partial charge is 0.250 e. The van der Waals surface area contributed by atoms with Crippen molar-refractivity contribution in [3.8, 4) is 28.6 Å². The largest absolute Gasteiger partial charge is 0.504 e. The van der Waals surface area contributed by atoms with Crippen molar-refractivity contribution in [2.45, 2.75) is 5.16 Å². The van der Waals surface area contributed by atoms with Crippen molar-refractivity contribution in [1.29, 1.82) is 0 Å². The van der Waals surface area contributed by atoms with E-state index in [1.54, 1.807) is 18.2 Å². The summed E-state index contributed by atoms with van der Waals surface area (Å²) in [6, 6.07) is 21.1. The van der Waals surface area contributed by atoms with E-state index < -0.39 is 0 Å². The minimum absolute atomic E-state index is 0.0542. The maximum absolute atomic E-state index is 12.3. The first-order valence-electron chi connectivity index (χ1n) is 9.75. The molecule has 10 heteroatoms. The number of hydrogen-bond donors (Lipinski definition) is 3. The molecule has 0 saturated heterocycles. The van der Waals surface area contributed by atoms with Crippen molar-refractivity contribution in [1.82, 2.24) is 20.2 Å². The van der Waals surface area contributed by atoms with Gasteiger partial charge in [0, 0.05) is 16.3 Å². The summed E-state index contributed by atoms with van der Waals surface area (Å²) < 4.78 is 1.87. The number of rotatable bonds is 7. The second kappa shape index (κ2) is 10.2. The Balaban J connectivity index is 1.49. The average Bonchev–Trinajstić information content (AvgIpc) is 3.25. The maximum atomic E-state index is 12.3. The van der Waals surface area contributed by atoms with Gasteiger partial charge in [-0.05, 0) is 48.0 Å². The topological polar surface area (TPSA) is 113 Å².